The predicted molar refractivity (Wildman–Crippen MR) is 75.5 cm³/mol. The van der Waals surface area contributed by atoms with Crippen molar-refractivity contribution in [3.8, 4) is 0 Å². The van der Waals surface area contributed by atoms with E-state index in [0.29, 0.717) is 12.8 Å². The molecule has 3 N–H and O–H groups in total. The third kappa shape index (κ3) is 6.05. The summed E-state index contributed by atoms with van der Waals surface area (Å²) in [5.74, 6) is 0.319. The van der Waals surface area contributed by atoms with Gasteiger partial charge in [0.15, 0.2) is 0 Å². The molecule has 0 spiro atoms. The van der Waals surface area contributed by atoms with E-state index in [1.54, 1.807) is 0 Å². The molecule has 0 bridgehead atoms. The van der Waals surface area contributed by atoms with Gasteiger partial charge in [-0.2, -0.15) is 0 Å². The maximum Gasteiger partial charge on any atom is 0.222 e. The summed E-state index contributed by atoms with van der Waals surface area (Å²) in [6.07, 6.45) is 4.46. The molecule has 0 aromatic carbocycles. The van der Waals surface area contributed by atoms with Gasteiger partial charge in [-0.25, -0.2) is 0 Å². The number of carbonyl (C=O) groups is 2. The van der Waals surface area contributed by atoms with E-state index in [9.17, 15) is 9.59 Å². The van der Waals surface area contributed by atoms with Gasteiger partial charge >= 0.3 is 0 Å². The number of carbonyl (C=O) groups excluding carboxylic acids is 2. The van der Waals surface area contributed by atoms with Crippen LogP contribution in [0.5, 0.6) is 0 Å². The molecule has 1 aliphatic heterocycles. The summed E-state index contributed by atoms with van der Waals surface area (Å²) in [6, 6.07) is 0.311. The number of hydrogen-bond acceptors (Lipinski definition) is 3. The third-order valence-corrected chi connectivity index (χ3v) is 3.50. The Morgan fingerprint density at radius 2 is 1.95 bits per heavy atom. The molecule has 0 aromatic rings. The molecule has 0 aromatic heterocycles. The van der Waals surface area contributed by atoms with Crippen LogP contribution in [0, 0.1) is 0 Å². The van der Waals surface area contributed by atoms with Gasteiger partial charge in [0.2, 0.25) is 11.8 Å². The fraction of sp³-hybridized carbons (Fsp3) is 0.857. The highest BCUT2D eigenvalue weighted by Crippen LogP contribution is 2.12. The van der Waals surface area contributed by atoms with Crippen molar-refractivity contribution in [3.63, 3.8) is 0 Å². The summed E-state index contributed by atoms with van der Waals surface area (Å²) in [6.45, 7) is 5.41. The topological polar surface area (TPSA) is 75.4 Å². The van der Waals surface area contributed by atoms with E-state index in [-0.39, 0.29) is 23.9 Å². The van der Waals surface area contributed by atoms with Crippen LogP contribution in [0.3, 0.4) is 0 Å². The maximum absolute atomic E-state index is 11.9. The fourth-order valence-electron chi connectivity index (χ4n) is 2.31. The predicted octanol–water partition coefficient (Wildman–Crippen LogP) is 1.02. The van der Waals surface area contributed by atoms with Gasteiger partial charge < -0.3 is 16.0 Å². The first-order valence-corrected chi connectivity index (χ1v) is 7.35. The fourth-order valence-corrected chi connectivity index (χ4v) is 2.31. The van der Waals surface area contributed by atoms with E-state index in [0.717, 1.165) is 38.8 Å². The Bertz CT molecular complexity index is 297. The quantitative estimate of drug-likeness (QED) is 0.756. The molecule has 5 heteroatoms. The van der Waals surface area contributed by atoms with E-state index in [1.807, 2.05) is 18.7 Å². The Labute approximate surface area is 115 Å². The lowest BCUT2D eigenvalue weighted by molar-refractivity contribution is -0.132. The molecule has 1 saturated heterocycles. The van der Waals surface area contributed by atoms with Gasteiger partial charge in [0.25, 0.3) is 0 Å². The van der Waals surface area contributed by atoms with Gasteiger partial charge in [-0.05, 0) is 32.6 Å². The number of nitrogens with two attached hydrogens (primary N) is 1. The van der Waals surface area contributed by atoms with E-state index in [2.05, 4.69) is 5.32 Å². The average molecular weight is 269 g/mol. The molecule has 1 aliphatic rings. The molecule has 2 amide bonds. The van der Waals surface area contributed by atoms with Gasteiger partial charge in [0.05, 0.1) is 0 Å². The standard InChI is InChI=1S/C14H27N3O2/c1-3-4-13(18)16-12-7-9-17(10-8-12)14(19)6-5-11(2)15/h11-12H,3-10,15H2,1-2H3,(H,16,18). The molecule has 0 radical (unpaired) electrons. The first-order chi connectivity index (χ1) is 9.02. The van der Waals surface area contributed by atoms with Crippen LogP contribution < -0.4 is 11.1 Å². The van der Waals surface area contributed by atoms with Crippen LogP contribution in [0.4, 0.5) is 0 Å². The van der Waals surface area contributed by atoms with Crippen molar-refractivity contribution in [2.45, 2.75) is 64.5 Å². The van der Waals surface area contributed by atoms with Crippen LogP contribution in [0.15, 0.2) is 0 Å². The van der Waals surface area contributed by atoms with Crippen LogP contribution in [-0.2, 0) is 9.59 Å². The summed E-state index contributed by atoms with van der Waals surface area (Å²) in [5, 5.41) is 3.03. The van der Waals surface area contributed by atoms with E-state index >= 15 is 0 Å². The van der Waals surface area contributed by atoms with E-state index in [4.69, 9.17) is 5.73 Å². The van der Waals surface area contributed by atoms with Crippen LogP contribution in [0.1, 0.15) is 52.4 Å². The molecule has 0 saturated carbocycles. The Morgan fingerprint density at radius 3 is 2.47 bits per heavy atom. The highest BCUT2D eigenvalue weighted by atomic mass is 16.2. The molecule has 1 fully saturated rings. The summed E-state index contributed by atoms with van der Waals surface area (Å²) in [7, 11) is 0. The Morgan fingerprint density at radius 1 is 1.32 bits per heavy atom. The van der Waals surface area contributed by atoms with Gasteiger partial charge in [0, 0.05) is 38.0 Å². The molecule has 19 heavy (non-hydrogen) atoms. The number of nitrogens with zero attached hydrogens (tertiary/aromatic N) is 1. The first-order valence-electron chi connectivity index (χ1n) is 7.35. The van der Waals surface area contributed by atoms with Crippen molar-refractivity contribution >= 4 is 11.8 Å². The van der Waals surface area contributed by atoms with E-state index in [1.165, 1.54) is 0 Å². The molecule has 1 atom stereocenters. The summed E-state index contributed by atoms with van der Waals surface area (Å²) in [5.41, 5.74) is 5.66. The molecule has 110 valence electrons. The number of hydrogen-bond donors (Lipinski definition) is 2. The van der Waals surface area contributed by atoms with Crippen molar-refractivity contribution < 1.29 is 9.59 Å². The number of amides is 2. The van der Waals surface area contributed by atoms with Crippen molar-refractivity contribution in [3.05, 3.63) is 0 Å². The Kier molecular flexibility index (Phi) is 6.84. The maximum atomic E-state index is 11.9. The second kappa shape index (κ2) is 8.15. The van der Waals surface area contributed by atoms with Crippen molar-refractivity contribution in [2.75, 3.05) is 13.1 Å². The Hall–Kier alpha value is -1.10. The SMILES string of the molecule is CCCC(=O)NC1CCN(C(=O)CCC(C)N)CC1. The zero-order chi connectivity index (χ0) is 14.3. The van der Waals surface area contributed by atoms with Crippen molar-refractivity contribution in [1.29, 1.82) is 0 Å². The molecule has 1 unspecified atom stereocenters. The number of piperidine rings is 1. The second-order valence-electron chi connectivity index (χ2n) is 5.49. The minimum Gasteiger partial charge on any atom is -0.353 e. The molecule has 1 rings (SSSR count). The highest BCUT2D eigenvalue weighted by molar-refractivity contribution is 5.77. The zero-order valence-electron chi connectivity index (χ0n) is 12.2. The van der Waals surface area contributed by atoms with Crippen molar-refractivity contribution in [2.24, 2.45) is 5.73 Å². The second-order valence-corrected chi connectivity index (χ2v) is 5.49. The molecule has 1 heterocycles. The lowest BCUT2D eigenvalue weighted by Gasteiger charge is -2.32. The van der Waals surface area contributed by atoms with Crippen LogP contribution in [-0.4, -0.2) is 41.9 Å². The number of nitrogens with one attached hydrogen (secondary N) is 1. The summed E-state index contributed by atoms with van der Waals surface area (Å²) < 4.78 is 0. The van der Waals surface area contributed by atoms with Gasteiger partial charge in [0.1, 0.15) is 0 Å². The molecule has 0 aliphatic carbocycles. The first kappa shape index (κ1) is 16.0. The summed E-state index contributed by atoms with van der Waals surface area (Å²) >= 11 is 0. The lowest BCUT2D eigenvalue weighted by atomic mass is 10.0. The van der Waals surface area contributed by atoms with Crippen LogP contribution >= 0.6 is 0 Å². The van der Waals surface area contributed by atoms with Crippen LogP contribution in [0.2, 0.25) is 0 Å². The molecule has 5 nitrogen and oxygen atoms in total. The number of likely N-dealkylation sites (tertiary alicyclic amines) is 1. The monoisotopic (exact) mass is 269 g/mol. The summed E-state index contributed by atoms with van der Waals surface area (Å²) in [4.78, 5) is 25.3. The Balaban J connectivity index is 2.24. The normalized spacial score (nSPS) is 18.2. The average Bonchev–Trinajstić information content (AvgIpc) is 2.37. The molecular weight excluding hydrogens is 242 g/mol. The van der Waals surface area contributed by atoms with Crippen molar-refractivity contribution in [1.82, 2.24) is 10.2 Å². The number of rotatable bonds is 6. The van der Waals surface area contributed by atoms with Gasteiger partial charge in [-0.3, -0.25) is 9.59 Å². The largest absolute Gasteiger partial charge is 0.353 e. The van der Waals surface area contributed by atoms with E-state index < -0.39 is 0 Å². The minimum atomic E-state index is 0.0785. The molecular formula is C14H27N3O2. The lowest BCUT2D eigenvalue weighted by Crippen LogP contribution is -2.46. The third-order valence-electron chi connectivity index (χ3n) is 3.50. The smallest absolute Gasteiger partial charge is 0.222 e. The van der Waals surface area contributed by atoms with Gasteiger partial charge in [-0.15, -0.1) is 0 Å². The van der Waals surface area contributed by atoms with Gasteiger partial charge in [-0.1, -0.05) is 6.92 Å². The minimum absolute atomic E-state index is 0.0785. The zero-order valence-corrected chi connectivity index (χ0v) is 12.2. The van der Waals surface area contributed by atoms with Crippen LogP contribution in [0.25, 0.3) is 0 Å². The highest BCUT2D eigenvalue weighted by Gasteiger charge is 2.23.